The van der Waals surface area contributed by atoms with E-state index < -0.39 is 23.2 Å². The number of nitrogens with one attached hydrogen (secondary N) is 1. The van der Waals surface area contributed by atoms with Gasteiger partial charge in [-0.05, 0) is 38.1 Å². The number of carbonyl (C=O) groups excluding carboxylic acids is 1. The van der Waals surface area contributed by atoms with Crippen molar-refractivity contribution in [1.29, 1.82) is 0 Å². The summed E-state index contributed by atoms with van der Waals surface area (Å²) in [4.78, 5) is 17.0. The Morgan fingerprint density at radius 1 is 1.32 bits per heavy atom. The molecule has 5 nitrogen and oxygen atoms in total. The van der Waals surface area contributed by atoms with Crippen molar-refractivity contribution < 1.29 is 22.7 Å². The molecule has 0 bridgehead atoms. The van der Waals surface area contributed by atoms with E-state index in [2.05, 4.69) is 10.3 Å². The van der Waals surface area contributed by atoms with Gasteiger partial charge in [0.2, 0.25) is 0 Å². The molecular formula is C14H16F3N3O2. The van der Waals surface area contributed by atoms with Gasteiger partial charge in [-0.1, -0.05) is 0 Å². The maximum atomic E-state index is 13.1. The molecule has 0 atom stereocenters. The maximum absolute atomic E-state index is 13.1. The monoisotopic (exact) mass is 315 g/mol. The van der Waals surface area contributed by atoms with Crippen LogP contribution in [0.1, 0.15) is 18.4 Å². The lowest BCUT2D eigenvalue weighted by Crippen LogP contribution is -2.58. The van der Waals surface area contributed by atoms with Crippen LogP contribution in [0.15, 0.2) is 18.3 Å². The second-order valence-electron chi connectivity index (χ2n) is 5.57. The van der Waals surface area contributed by atoms with Gasteiger partial charge in [0.1, 0.15) is 12.4 Å². The minimum absolute atomic E-state index is 0.105. The Labute approximate surface area is 125 Å². The fourth-order valence-electron chi connectivity index (χ4n) is 2.93. The van der Waals surface area contributed by atoms with Crippen molar-refractivity contribution in [2.75, 3.05) is 31.1 Å². The lowest BCUT2D eigenvalue weighted by molar-refractivity contribution is -0.143. The van der Waals surface area contributed by atoms with Gasteiger partial charge in [-0.3, -0.25) is 9.69 Å². The van der Waals surface area contributed by atoms with Crippen LogP contribution in [0.4, 0.5) is 19.0 Å². The number of pyridine rings is 1. The highest BCUT2D eigenvalue weighted by molar-refractivity contribution is 5.95. The Balaban J connectivity index is 1.94. The molecule has 1 amide bonds. The van der Waals surface area contributed by atoms with Crippen LogP contribution >= 0.6 is 0 Å². The van der Waals surface area contributed by atoms with Gasteiger partial charge < -0.3 is 10.1 Å². The van der Waals surface area contributed by atoms with Crippen LogP contribution in [-0.2, 0) is 15.7 Å². The number of rotatable bonds is 1. The normalized spacial score (nSPS) is 22.1. The largest absolute Gasteiger partial charge is 0.419 e. The van der Waals surface area contributed by atoms with Gasteiger partial charge in [0.05, 0.1) is 17.7 Å². The summed E-state index contributed by atoms with van der Waals surface area (Å²) in [5.74, 6) is -0.824. The summed E-state index contributed by atoms with van der Waals surface area (Å²) < 4.78 is 45.1. The zero-order chi connectivity index (χ0) is 15.8. The first-order valence-electron chi connectivity index (χ1n) is 7.09. The first kappa shape index (κ1) is 15.2. The van der Waals surface area contributed by atoms with E-state index in [1.165, 1.54) is 12.3 Å². The van der Waals surface area contributed by atoms with Crippen molar-refractivity contribution in [3.63, 3.8) is 0 Å². The maximum Gasteiger partial charge on any atom is 0.419 e. The molecule has 0 radical (unpaired) electrons. The fraction of sp³-hybridized carbons (Fsp3) is 0.571. The Bertz CT molecular complexity index is 571. The molecule has 0 aromatic carbocycles. The zero-order valence-corrected chi connectivity index (χ0v) is 11.8. The third-order valence-electron chi connectivity index (χ3n) is 4.11. The van der Waals surface area contributed by atoms with Crippen LogP contribution in [0.5, 0.6) is 0 Å². The number of aromatic nitrogens is 1. The molecule has 0 aliphatic carbocycles. The molecule has 3 rings (SSSR count). The molecule has 3 heterocycles. The molecule has 8 heteroatoms. The van der Waals surface area contributed by atoms with Crippen LogP contribution in [0.2, 0.25) is 0 Å². The van der Waals surface area contributed by atoms with Crippen LogP contribution < -0.4 is 10.2 Å². The lowest BCUT2D eigenvalue weighted by Gasteiger charge is -2.44. The van der Waals surface area contributed by atoms with Crippen molar-refractivity contribution in [3.8, 4) is 0 Å². The molecular weight excluding hydrogens is 299 g/mol. The van der Waals surface area contributed by atoms with E-state index >= 15 is 0 Å². The fourth-order valence-corrected chi connectivity index (χ4v) is 2.93. The molecule has 0 saturated carbocycles. The highest BCUT2D eigenvalue weighted by Gasteiger charge is 2.44. The summed E-state index contributed by atoms with van der Waals surface area (Å²) in [5.41, 5.74) is -1.48. The van der Waals surface area contributed by atoms with Gasteiger partial charge in [-0.2, -0.15) is 13.2 Å². The summed E-state index contributed by atoms with van der Waals surface area (Å²) in [7, 11) is 0. The molecule has 22 heavy (non-hydrogen) atoms. The topological polar surface area (TPSA) is 54.5 Å². The first-order valence-corrected chi connectivity index (χ1v) is 7.09. The number of nitrogens with zero attached hydrogens (tertiary/aromatic N) is 2. The second-order valence-corrected chi connectivity index (χ2v) is 5.57. The van der Waals surface area contributed by atoms with Gasteiger partial charge in [0.25, 0.3) is 5.91 Å². The zero-order valence-electron chi connectivity index (χ0n) is 11.8. The van der Waals surface area contributed by atoms with Crippen molar-refractivity contribution >= 4 is 11.7 Å². The number of amides is 1. The summed E-state index contributed by atoms with van der Waals surface area (Å²) >= 11 is 0. The number of hydrogen-bond acceptors (Lipinski definition) is 4. The molecule has 1 aromatic heterocycles. The number of anilines is 1. The van der Waals surface area contributed by atoms with E-state index in [-0.39, 0.29) is 19.0 Å². The summed E-state index contributed by atoms with van der Waals surface area (Å²) in [6.07, 6.45) is -1.97. The number of halogens is 3. The number of piperidine rings is 1. The Morgan fingerprint density at radius 2 is 2.05 bits per heavy atom. The van der Waals surface area contributed by atoms with Crippen LogP contribution in [0.25, 0.3) is 0 Å². The van der Waals surface area contributed by atoms with Crippen molar-refractivity contribution in [3.05, 3.63) is 23.9 Å². The SMILES string of the molecule is O=C1COC2(CCNCC2)CN1c1ncccc1C(F)(F)F. The van der Waals surface area contributed by atoms with E-state index in [1.807, 2.05) is 0 Å². The van der Waals surface area contributed by atoms with Crippen molar-refractivity contribution in [2.45, 2.75) is 24.6 Å². The minimum atomic E-state index is -4.55. The highest BCUT2D eigenvalue weighted by Crippen LogP contribution is 2.37. The Hall–Kier alpha value is -1.67. The van der Waals surface area contributed by atoms with Gasteiger partial charge in [0, 0.05) is 6.20 Å². The third kappa shape index (κ3) is 2.80. The van der Waals surface area contributed by atoms with E-state index in [9.17, 15) is 18.0 Å². The summed E-state index contributed by atoms with van der Waals surface area (Å²) in [6, 6.07) is 2.16. The number of hydrogen-bond donors (Lipinski definition) is 1. The highest BCUT2D eigenvalue weighted by atomic mass is 19.4. The van der Waals surface area contributed by atoms with E-state index in [0.29, 0.717) is 12.8 Å². The van der Waals surface area contributed by atoms with Crippen LogP contribution in [0, 0.1) is 0 Å². The molecule has 1 N–H and O–H groups in total. The summed E-state index contributed by atoms with van der Waals surface area (Å²) in [6.45, 7) is 1.33. The molecule has 1 aromatic rings. The standard InChI is InChI=1S/C14H16F3N3O2/c15-14(16,17)10-2-1-5-19-12(10)20-9-13(22-8-11(20)21)3-6-18-7-4-13/h1-2,5,18H,3-4,6-9H2. The number of carbonyl (C=O) groups is 1. The van der Waals surface area contributed by atoms with Crippen LogP contribution in [0.3, 0.4) is 0 Å². The average Bonchev–Trinajstić information content (AvgIpc) is 2.50. The molecule has 0 unspecified atom stereocenters. The first-order chi connectivity index (χ1) is 10.4. The number of morpholine rings is 1. The third-order valence-corrected chi connectivity index (χ3v) is 4.11. The predicted octanol–water partition coefficient (Wildman–Crippen LogP) is 1.59. The van der Waals surface area contributed by atoms with Crippen LogP contribution in [-0.4, -0.2) is 42.7 Å². The van der Waals surface area contributed by atoms with Crippen molar-refractivity contribution in [1.82, 2.24) is 10.3 Å². The predicted molar refractivity (Wildman–Crippen MR) is 72.4 cm³/mol. The smallest absolute Gasteiger partial charge is 0.363 e. The molecule has 120 valence electrons. The molecule has 1 spiro atoms. The number of ether oxygens (including phenoxy) is 1. The second kappa shape index (κ2) is 5.51. The van der Waals surface area contributed by atoms with Gasteiger partial charge >= 0.3 is 6.18 Å². The van der Waals surface area contributed by atoms with E-state index in [4.69, 9.17) is 4.74 Å². The van der Waals surface area contributed by atoms with Gasteiger partial charge in [0.15, 0.2) is 0 Å². The Kier molecular flexibility index (Phi) is 3.82. The molecule has 2 saturated heterocycles. The number of alkyl halides is 3. The minimum Gasteiger partial charge on any atom is -0.363 e. The molecule has 2 fully saturated rings. The molecule has 2 aliphatic heterocycles. The Morgan fingerprint density at radius 3 is 2.73 bits per heavy atom. The van der Waals surface area contributed by atoms with Gasteiger partial charge in [-0.25, -0.2) is 4.98 Å². The van der Waals surface area contributed by atoms with E-state index in [0.717, 1.165) is 24.1 Å². The molecule has 2 aliphatic rings. The van der Waals surface area contributed by atoms with Crippen molar-refractivity contribution in [2.24, 2.45) is 0 Å². The quantitative estimate of drug-likeness (QED) is 0.855. The lowest BCUT2D eigenvalue weighted by atomic mass is 9.90. The summed E-state index contributed by atoms with van der Waals surface area (Å²) in [5, 5.41) is 3.18. The van der Waals surface area contributed by atoms with E-state index in [1.54, 1.807) is 0 Å². The average molecular weight is 315 g/mol. The van der Waals surface area contributed by atoms with Gasteiger partial charge in [-0.15, -0.1) is 0 Å².